The van der Waals surface area contributed by atoms with Gasteiger partial charge >= 0.3 is 5.69 Å². The summed E-state index contributed by atoms with van der Waals surface area (Å²) in [4.78, 5) is 21.0. The van der Waals surface area contributed by atoms with Gasteiger partial charge in [0.05, 0.1) is 0 Å². The molecule has 0 saturated heterocycles. The zero-order chi connectivity index (χ0) is 25.6. The van der Waals surface area contributed by atoms with Gasteiger partial charge in [0.25, 0.3) is 10.9 Å². The second-order valence-electron chi connectivity index (χ2n) is 10.4. The largest absolute Gasteiger partial charge is 0.434 e. The summed E-state index contributed by atoms with van der Waals surface area (Å²) in [7, 11) is 1.17. The van der Waals surface area contributed by atoms with Crippen molar-refractivity contribution in [3.8, 4) is 0 Å². The van der Waals surface area contributed by atoms with Crippen molar-refractivity contribution in [3.63, 3.8) is 0 Å². The van der Waals surface area contributed by atoms with Crippen molar-refractivity contribution >= 4 is 28.9 Å². The van der Waals surface area contributed by atoms with Crippen molar-refractivity contribution in [3.05, 3.63) is 29.3 Å². The van der Waals surface area contributed by atoms with Crippen molar-refractivity contribution in [1.29, 1.82) is 0 Å². The molecular weight excluding hydrogens is 487 g/mol. The van der Waals surface area contributed by atoms with E-state index in [4.69, 9.17) is 0 Å². The van der Waals surface area contributed by atoms with Crippen LogP contribution in [0, 0.1) is 0 Å². The van der Waals surface area contributed by atoms with Gasteiger partial charge in [-0.3, -0.25) is 0 Å². The molecule has 0 aliphatic rings. The summed E-state index contributed by atoms with van der Waals surface area (Å²) in [5.74, 6) is 0. The Labute approximate surface area is 227 Å². The van der Waals surface area contributed by atoms with Crippen LogP contribution in [0.4, 0.5) is 0 Å². The molecule has 0 radical (unpaired) electrons. The highest BCUT2D eigenvalue weighted by atomic mass is 32.9. The first-order chi connectivity index (χ1) is 17.0. The number of unbranched alkanes of at least 4 members (excludes halogenated alkanes) is 18. The van der Waals surface area contributed by atoms with Gasteiger partial charge < -0.3 is 9.79 Å². The number of hydrogen-bond donors (Lipinski definition) is 3. The molecule has 0 unspecified atom stereocenters. The summed E-state index contributed by atoms with van der Waals surface area (Å²) in [6.45, 7) is 4.56. The van der Waals surface area contributed by atoms with Crippen molar-refractivity contribution in [1.82, 2.24) is 0 Å². The smallest absolute Gasteiger partial charge is 0.304 e. The molecular formula is C30H56O2PS2+. The molecule has 0 bridgehead atoms. The lowest BCUT2D eigenvalue weighted by molar-refractivity contribution is 0.502. The van der Waals surface area contributed by atoms with Gasteiger partial charge in [0, 0.05) is 11.6 Å². The highest BCUT2D eigenvalue weighted by Crippen LogP contribution is 2.45. The SMILES string of the molecule is CCCCCCCCCCCCc1cccc([S+]=P(O)(O)S)c1CCCCCCCCCCCC. The van der Waals surface area contributed by atoms with Crippen LogP contribution in [0.2, 0.25) is 0 Å². The minimum absolute atomic E-state index is 1.03. The summed E-state index contributed by atoms with van der Waals surface area (Å²) in [6.07, 6.45) is 29.1. The molecule has 0 saturated carbocycles. The van der Waals surface area contributed by atoms with Gasteiger partial charge in [-0.25, -0.2) is 0 Å². The molecule has 0 aromatic heterocycles. The lowest BCUT2D eigenvalue weighted by Crippen LogP contribution is -1.99. The monoisotopic (exact) mass is 543 g/mol. The van der Waals surface area contributed by atoms with E-state index in [1.54, 1.807) is 0 Å². The molecule has 0 amide bonds. The Kier molecular flexibility index (Phi) is 21.0. The van der Waals surface area contributed by atoms with Gasteiger partial charge in [0.2, 0.25) is 4.90 Å². The van der Waals surface area contributed by atoms with Gasteiger partial charge in [0.15, 0.2) is 0 Å². The Morgan fingerprint density at radius 3 is 1.43 bits per heavy atom. The molecule has 0 atom stereocenters. The van der Waals surface area contributed by atoms with Crippen molar-refractivity contribution in [2.75, 3.05) is 0 Å². The third kappa shape index (κ3) is 18.9. The molecule has 0 heterocycles. The molecule has 0 fully saturated rings. The van der Waals surface area contributed by atoms with E-state index in [-0.39, 0.29) is 0 Å². The maximum atomic E-state index is 9.99. The zero-order valence-electron chi connectivity index (χ0n) is 23.0. The number of thiol groups is 1. The molecule has 1 rings (SSSR count). The van der Waals surface area contributed by atoms with Crippen LogP contribution in [0.3, 0.4) is 0 Å². The molecule has 204 valence electrons. The van der Waals surface area contributed by atoms with E-state index in [9.17, 15) is 9.79 Å². The first-order valence-electron chi connectivity index (χ1n) is 14.9. The van der Waals surface area contributed by atoms with E-state index in [2.05, 4.69) is 44.3 Å². The maximum absolute atomic E-state index is 9.99. The van der Waals surface area contributed by atoms with Gasteiger partial charge in [-0.2, -0.15) is 0 Å². The van der Waals surface area contributed by atoms with Crippen LogP contribution in [0.15, 0.2) is 23.1 Å². The third-order valence-corrected chi connectivity index (χ3v) is 9.91. The van der Waals surface area contributed by atoms with E-state index in [0.717, 1.165) is 17.7 Å². The van der Waals surface area contributed by atoms with Crippen LogP contribution in [0.1, 0.15) is 153 Å². The second kappa shape index (κ2) is 22.2. The first kappa shape index (κ1) is 33.2. The molecule has 0 aliphatic carbocycles. The van der Waals surface area contributed by atoms with Gasteiger partial charge in [-0.1, -0.05) is 142 Å². The van der Waals surface area contributed by atoms with Crippen LogP contribution in [-0.2, 0) is 23.8 Å². The lowest BCUT2D eigenvalue weighted by Gasteiger charge is -2.10. The van der Waals surface area contributed by atoms with Crippen LogP contribution in [0.5, 0.6) is 0 Å². The Hall–Kier alpha value is 0.140. The summed E-state index contributed by atoms with van der Waals surface area (Å²) in [5.41, 5.74) is -0.442. The molecule has 1 aromatic rings. The van der Waals surface area contributed by atoms with E-state index in [0.29, 0.717) is 0 Å². The lowest BCUT2D eigenvalue weighted by atomic mass is 9.96. The molecule has 0 spiro atoms. The zero-order valence-corrected chi connectivity index (χ0v) is 25.6. The average Bonchev–Trinajstić information content (AvgIpc) is 2.81. The number of rotatable bonds is 23. The predicted molar refractivity (Wildman–Crippen MR) is 164 cm³/mol. The van der Waals surface area contributed by atoms with Gasteiger partial charge in [0.1, 0.15) is 0 Å². The molecule has 2 nitrogen and oxygen atoms in total. The van der Waals surface area contributed by atoms with Crippen molar-refractivity contribution < 1.29 is 9.79 Å². The van der Waals surface area contributed by atoms with Gasteiger partial charge in [-0.05, 0) is 43.5 Å². The molecule has 5 heteroatoms. The van der Waals surface area contributed by atoms with Crippen LogP contribution in [0.25, 0.3) is 0 Å². The maximum Gasteiger partial charge on any atom is 0.434 e. The molecule has 0 aliphatic heterocycles. The van der Waals surface area contributed by atoms with E-state index >= 15 is 0 Å². The summed E-state index contributed by atoms with van der Waals surface area (Å²) < 4.78 is 0. The molecule has 2 N–H and O–H groups in total. The second-order valence-corrected chi connectivity index (χ2v) is 16.6. The number of hydrogen-bond acceptors (Lipinski definition) is 0. The number of benzene rings is 1. The third-order valence-electron chi connectivity index (χ3n) is 7.03. The Balaban J connectivity index is 2.43. The molecule has 1 aromatic carbocycles. The van der Waals surface area contributed by atoms with Gasteiger partial charge in [-0.15, -0.1) is 0 Å². The van der Waals surface area contributed by atoms with E-state index in [1.165, 1.54) is 150 Å². The van der Waals surface area contributed by atoms with Crippen LogP contribution < -0.4 is 0 Å². The van der Waals surface area contributed by atoms with Crippen molar-refractivity contribution in [2.24, 2.45) is 0 Å². The van der Waals surface area contributed by atoms with Crippen LogP contribution in [-0.4, -0.2) is 9.79 Å². The predicted octanol–water partition coefficient (Wildman–Crippen LogP) is 10.6. The fraction of sp³-hybridized carbons (Fsp3) is 0.800. The number of aryl methyl sites for hydroxylation is 1. The average molecular weight is 544 g/mol. The Bertz CT molecular complexity index is 679. The van der Waals surface area contributed by atoms with E-state index in [1.807, 2.05) is 0 Å². The normalized spacial score (nSPS) is 11.8. The summed E-state index contributed by atoms with van der Waals surface area (Å²) in [6, 6.07) is 6.39. The summed E-state index contributed by atoms with van der Waals surface area (Å²) >= 11 is 4.06. The summed E-state index contributed by atoms with van der Waals surface area (Å²) in [5, 5.41) is 0. The van der Waals surface area contributed by atoms with E-state index < -0.39 is 5.69 Å². The van der Waals surface area contributed by atoms with Crippen molar-refractivity contribution in [2.45, 2.75) is 160 Å². The Morgan fingerprint density at radius 2 is 1.00 bits per heavy atom. The highest BCUT2D eigenvalue weighted by molar-refractivity contribution is 8.62. The quantitative estimate of drug-likeness (QED) is 0.0556. The minimum atomic E-state index is -3.19. The fourth-order valence-corrected chi connectivity index (χ4v) is 7.78. The minimum Gasteiger partial charge on any atom is -0.304 e. The fourth-order valence-electron chi connectivity index (χ4n) is 4.94. The standard InChI is InChI=1S/C30H56O2PS2/c1-3-5-7-9-11-13-15-17-19-21-24-28-25-23-27-30(35-33(31,32)34)29(28)26-22-20-18-16-14-12-10-8-6-4-2/h23,25,27,31-32,34H,3-22,24,26H2,1-2H3/q+1. The Morgan fingerprint density at radius 1 is 0.600 bits per heavy atom. The molecule has 35 heavy (non-hydrogen) atoms. The highest BCUT2D eigenvalue weighted by Gasteiger charge is 2.23. The van der Waals surface area contributed by atoms with Crippen LogP contribution >= 0.6 is 17.9 Å². The first-order valence-corrected chi connectivity index (χ1v) is 19.1. The topological polar surface area (TPSA) is 40.5 Å².